The van der Waals surface area contributed by atoms with Crippen LogP contribution in [0.5, 0.6) is 0 Å². The lowest BCUT2D eigenvalue weighted by Gasteiger charge is -2.28. The first-order chi connectivity index (χ1) is 9.74. The fourth-order valence-electron chi connectivity index (χ4n) is 3.16. The second-order valence-electron chi connectivity index (χ2n) is 6.06. The highest BCUT2D eigenvalue weighted by Gasteiger charge is 2.19. The first kappa shape index (κ1) is 13.6. The maximum atomic E-state index is 4.45. The molecule has 0 radical (unpaired) electrons. The van der Waals surface area contributed by atoms with E-state index in [0.717, 1.165) is 23.8 Å². The van der Waals surface area contributed by atoms with E-state index in [4.69, 9.17) is 0 Å². The zero-order valence-electron chi connectivity index (χ0n) is 12.5. The SMILES string of the molecule is CCC1CCC(NCc2cnc3cc(C)nn3c2)CC1. The average Bonchev–Trinajstić information content (AvgIpc) is 2.85. The van der Waals surface area contributed by atoms with Crippen LogP contribution in [0.4, 0.5) is 0 Å². The number of rotatable bonds is 4. The molecule has 0 amide bonds. The Morgan fingerprint density at radius 3 is 2.85 bits per heavy atom. The van der Waals surface area contributed by atoms with Crippen molar-refractivity contribution in [2.75, 3.05) is 0 Å². The first-order valence-corrected chi connectivity index (χ1v) is 7.79. The molecule has 2 heterocycles. The van der Waals surface area contributed by atoms with Gasteiger partial charge in [-0.1, -0.05) is 13.3 Å². The summed E-state index contributed by atoms with van der Waals surface area (Å²) in [5.41, 5.74) is 3.15. The van der Waals surface area contributed by atoms with Crippen molar-refractivity contribution in [3.63, 3.8) is 0 Å². The van der Waals surface area contributed by atoms with Crippen LogP contribution >= 0.6 is 0 Å². The highest BCUT2D eigenvalue weighted by molar-refractivity contribution is 5.38. The Hall–Kier alpha value is -1.42. The van der Waals surface area contributed by atoms with Gasteiger partial charge < -0.3 is 5.32 Å². The van der Waals surface area contributed by atoms with Gasteiger partial charge in [-0.15, -0.1) is 0 Å². The van der Waals surface area contributed by atoms with Crippen molar-refractivity contribution >= 4 is 5.65 Å². The van der Waals surface area contributed by atoms with E-state index in [1.165, 1.54) is 37.7 Å². The van der Waals surface area contributed by atoms with Gasteiger partial charge in [0.25, 0.3) is 0 Å². The molecule has 2 aromatic heterocycles. The molecule has 1 aliphatic rings. The summed E-state index contributed by atoms with van der Waals surface area (Å²) in [6.45, 7) is 5.20. The Bertz CT molecular complexity index is 567. The Labute approximate surface area is 120 Å². The van der Waals surface area contributed by atoms with Crippen LogP contribution in [0.25, 0.3) is 5.65 Å². The summed E-state index contributed by atoms with van der Waals surface area (Å²) in [6, 6.07) is 2.68. The maximum Gasteiger partial charge on any atom is 0.155 e. The minimum Gasteiger partial charge on any atom is -0.310 e. The molecule has 1 aliphatic carbocycles. The first-order valence-electron chi connectivity index (χ1n) is 7.79. The van der Waals surface area contributed by atoms with Crippen molar-refractivity contribution in [1.82, 2.24) is 19.9 Å². The second kappa shape index (κ2) is 5.92. The summed E-state index contributed by atoms with van der Waals surface area (Å²) >= 11 is 0. The molecule has 1 N–H and O–H groups in total. The minimum absolute atomic E-state index is 0.674. The van der Waals surface area contributed by atoms with Crippen molar-refractivity contribution in [1.29, 1.82) is 0 Å². The summed E-state index contributed by atoms with van der Waals surface area (Å²) in [7, 11) is 0. The third kappa shape index (κ3) is 3.01. The topological polar surface area (TPSA) is 42.2 Å². The number of aromatic nitrogens is 3. The number of hydrogen-bond acceptors (Lipinski definition) is 3. The highest BCUT2D eigenvalue weighted by Crippen LogP contribution is 2.26. The molecule has 108 valence electrons. The minimum atomic E-state index is 0.674. The van der Waals surface area contributed by atoms with Crippen molar-refractivity contribution < 1.29 is 0 Å². The van der Waals surface area contributed by atoms with Gasteiger partial charge in [-0.25, -0.2) is 9.50 Å². The number of fused-ring (bicyclic) bond motifs is 1. The zero-order chi connectivity index (χ0) is 13.9. The van der Waals surface area contributed by atoms with Gasteiger partial charge >= 0.3 is 0 Å². The van der Waals surface area contributed by atoms with Gasteiger partial charge in [0.15, 0.2) is 5.65 Å². The van der Waals surface area contributed by atoms with Crippen LogP contribution in [0.2, 0.25) is 0 Å². The third-order valence-corrected chi connectivity index (χ3v) is 4.51. The molecule has 3 rings (SSSR count). The standard InChI is InChI=1S/C16H24N4/c1-3-13-4-6-15(7-5-13)17-9-14-10-18-16-8-12(2)19-20(16)11-14/h8,10-11,13,15,17H,3-7,9H2,1-2H3. The predicted molar refractivity (Wildman–Crippen MR) is 80.6 cm³/mol. The van der Waals surface area contributed by atoms with Crippen LogP contribution in [0.15, 0.2) is 18.5 Å². The largest absolute Gasteiger partial charge is 0.310 e. The molecule has 0 bridgehead atoms. The fourth-order valence-corrected chi connectivity index (χ4v) is 3.16. The molecule has 0 aliphatic heterocycles. The van der Waals surface area contributed by atoms with Crippen molar-refractivity contribution in [2.24, 2.45) is 5.92 Å². The van der Waals surface area contributed by atoms with E-state index < -0.39 is 0 Å². The van der Waals surface area contributed by atoms with Gasteiger partial charge in [0.1, 0.15) is 0 Å². The number of hydrogen-bond donors (Lipinski definition) is 1. The molecule has 1 saturated carbocycles. The van der Waals surface area contributed by atoms with Gasteiger partial charge in [-0.2, -0.15) is 5.10 Å². The lowest BCUT2D eigenvalue weighted by atomic mass is 9.84. The molecule has 1 fully saturated rings. The number of nitrogens with one attached hydrogen (secondary N) is 1. The Kier molecular flexibility index (Phi) is 4.01. The molecule has 4 nitrogen and oxygen atoms in total. The lowest BCUT2D eigenvalue weighted by Crippen LogP contribution is -2.32. The summed E-state index contributed by atoms with van der Waals surface area (Å²) in [5.74, 6) is 0.957. The molecule has 0 saturated heterocycles. The van der Waals surface area contributed by atoms with Crippen LogP contribution in [0.1, 0.15) is 50.3 Å². The van der Waals surface area contributed by atoms with E-state index >= 15 is 0 Å². The van der Waals surface area contributed by atoms with E-state index in [1.807, 2.05) is 23.7 Å². The number of nitrogens with zero attached hydrogens (tertiary/aromatic N) is 3. The summed E-state index contributed by atoms with van der Waals surface area (Å²) < 4.78 is 1.88. The van der Waals surface area contributed by atoms with E-state index in [2.05, 4.69) is 28.5 Å². The summed E-state index contributed by atoms with van der Waals surface area (Å²) in [4.78, 5) is 4.45. The summed E-state index contributed by atoms with van der Waals surface area (Å²) in [6.07, 6.45) is 10.8. The van der Waals surface area contributed by atoms with Crippen molar-refractivity contribution in [3.05, 3.63) is 29.7 Å². The normalized spacial score (nSPS) is 23.3. The van der Waals surface area contributed by atoms with Gasteiger partial charge in [-0.3, -0.25) is 0 Å². The van der Waals surface area contributed by atoms with Gasteiger partial charge in [0.2, 0.25) is 0 Å². The van der Waals surface area contributed by atoms with E-state index in [1.54, 1.807) is 0 Å². The van der Waals surface area contributed by atoms with E-state index in [9.17, 15) is 0 Å². The molecular weight excluding hydrogens is 248 g/mol. The van der Waals surface area contributed by atoms with Gasteiger partial charge in [0, 0.05) is 36.6 Å². The van der Waals surface area contributed by atoms with Crippen LogP contribution in [-0.4, -0.2) is 20.6 Å². The molecule has 0 spiro atoms. The number of aryl methyl sites for hydroxylation is 1. The highest BCUT2D eigenvalue weighted by atomic mass is 15.2. The van der Waals surface area contributed by atoms with Crippen molar-refractivity contribution in [2.45, 2.75) is 58.5 Å². The van der Waals surface area contributed by atoms with Crippen LogP contribution < -0.4 is 5.32 Å². The average molecular weight is 272 g/mol. The van der Waals surface area contributed by atoms with Gasteiger partial charge in [-0.05, 0) is 38.5 Å². The lowest BCUT2D eigenvalue weighted by molar-refractivity contribution is 0.285. The molecular formula is C16H24N4. The smallest absolute Gasteiger partial charge is 0.155 e. The second-order valence-corrected chi connectivity index (χ2v) is 6.06. The molecule has 0 atom stereocenters. The molecule has 20 heavy (non-hydrogen) atoms. The van der Waals surface area contributed by atoms with Crippen molar-refractivity contribution in [3.8, 4) is 0 Å². The maximum absolute atomic E-state index is 4.45. The van der Waals surface area contributed by atoms with E-state index in [0.29, 0.717) is 6.04 Å². The van der Waals surface area contributed by atoms with Gasteiger partial charge in [0.05, 0.1) is 5.69 Å². The molecule has 4 heteroatoms. The zero-order valence-corrected chi connectivity index (χ0v) is 12.5. The molecule has 0 unspecified atom stereocenters. The van der Waals surface area contributed by atoms with E-state index in [-0.39, 0.29) is 0 Å². The van der Waals surface area contributed by atoms with Crippen LogP contribution in [-0.2, 0) is 6.54 Å². The Morgan fingerprint density at radius 1 is 1.30 bits per heavy atom. The Balaban J connectivity index is 1.57. The monoisotopic (exact) mass is 272 g/mol. The van der Waals surface area contributed by atoms with Crippen LogP contribution in [0.3, 0.4) is 0 Å². The molecule has 2 aromatic rings. The third-order valence-electron chi connectivity index (χ3n) is 4.51. The Morgan fingerprint density at radius 2 is 2.10 bits per heavy atom. The predicted octanol–water partition coefficient (Wildman–Crippen LogP) is 3.10. The van der Waals surface area contributed by atoms with Crippen LogP contribution in [0, 0.1) is 12.8 Å². The summed E-state index contributed by atoms with van der Waals surface area (Å²) in [5, 5.41) is 8.09. The quantitative estimate of drug-likeness (QED) is 0.930. The molecule has 0 aromatic carbocycles. The fraction of sp³-hybridized carbons (Fsp3) is 0.625.